The molecule has 27 heavy (non-hydrogen) atoms. The van der Waals surface area contributed by atoms with Crippen molar-refractivity contribution in [2.24, 2.45) is 0 Å². The van der Waals surface area contributed by atoms with E-state index in [1.54, 1.807) is 48.6 Å². The molecule has 4 rings (SSSR count). The number of halogens is 2. The number of allylic oxidation sites excluding steroid dienone is 2. The van der Waals surface area contributed by atoms with E-state index in [9.17, 15) is 14.0 Å². The molecule has 0 saturated carbocycles. The summed E-state index contributed by atoms with van der Waals surface area (Å²) >= 11 is 2.96. The van der Waals surface area contributed by atoms with Gasteiger partial charge in [0.15, 0.2) is 0 Å². The molecular weight excluding hydrogens is 417 g/mol. The number of likely N-dealkylation sites (tertiary alicyclic amines) is 1. The van der Waals surface area contributed by atoms with Crippen molar-refractivity contribution in [2.45, 2.75) is 12.3 Å². The maximum atomic E-state index is 14.0. The zero-order valence-electron chi connectivity index (χ0n) is 14.5. The van der Waals surface area contributed by atoms with E-state index in [0.29, 0.717) is 18.7 Å². The van der Waals surface area contributed by atoms with Crippen LogP contribution in [0.15, 0.2) is 53.1 Å². The molecule has 8 heteroatoms. The topological polar surface area (TPSA) is 61.9 Å². The predicted molar refractivity (Wildman–Crippen MR) is 101 cm³/mol. The molecule has 0 radical (unpaired) electrons. The van der Waals surface area contributed by atoms with Gasteiger partial charge in [-0.25, -0.2) is 0 Å². The molecule has 3 heterocycles. The molecule has 1 N–H and O–H groups in total. The van der Waals surface area contributed by atoms with Gasteiger partial charge in [0.05, 0.1) is 6.10 Å². The number of hydrogen-bond acceptors (Lipinski definition) is 4. The molecule has 1 atom stereocenters. The third kappa shape index (κ3) is 3.08. The Morgan fingerprint density at radius 3 is 2.67 bits per heavy atom. The van der Waals surface area contributed by atoms with Gasteiger partial charge in [-0.1, -0.05) is 18.2 Å². The Morgan fingerprint density at radius 2 is 2.00 bits per heavy atom. The van der Waals surface area contributed by atoms with Crippen molar-refractivity contribution >= 4 is 33.3 Å². The first-order valence-corrected chi connectivity index (χ1v) is 9.24. The number of carbonyl (C=O) groups is 2. The van der Waals surface area contributed by atoms with Crippen molar-refractivity contribution < 1.29 is 18.7 Å². The van der Waals surface area contributed by atoms with Crippen LogP contribution < -0.4 is 5.32 Å². The molecule has 0 spiro atoms. The lowest BCUT2D eigenvalue weighted by atomic mass is 9.97. The van der Waals surface area contributed by atoms with Crippen molar-refractivity contribution in [2.75, 3.05) is 20.2 Å². The number of fused-ring (bicyclic) bond motifs is 1. The second-order valence-corrected chi connectivity index (χ2v) is 7.29. The average Bonchev–Trinajstić information content (AvgIpc) is 2.65. The quantitative estimate of drug-likeness (QED) is 0.743. The number of hydrogen-bond donors (Lipinski definition) is 1. The first kappa shape index (κ1) is 17.9. The van der Waals surface area contributed by atoms with Crippen LogP contribution in [-0.2, 0) is 9.53 Å². The molecule has 1 saturated heterocycles. The molecule has 3 aliphatic rings. The summed E-state index contributed by atoms with van der Waals surface area (Å²) in [7, 11) is 1.64. The Hall–Kier alpha value is -2.45. The minimum atomic E-state index is -0.695. The first-order valence-electron chi connectivity index (χ1n) is 8.45. The van der Waals surface area contributed by atoms with Crippen LogP contribution in [0, 0.1) is 0 Å². The van der Waals surface area contributed by atoms with E-state index in [1.807, 2.05) is 6.08 Å². The Kier molecular flexibility index (Phi) is 4.61. The van der Waals surface area contributed by atoms with Crippen molar-refractivity contribution in [1.82, 2.24) is 15.1 Å². The molecule has 1 unspecified atom stereocenters. The molecule has 6 nitrogen and oxygen atoms in total. The molecule has 1 aromatic rings. The van der Waals surface area contributed by atoms with Crippen LogP contribution in [-0.4, -0.2) is 54.1 Å². The van der Waals surface area contributed by atoms with E-state index in [4.69, 9.17) is 4.74 Å². The van der Waals surface area contributed by atoms with Gasteiger partial charge in [-0.05, 0) is 39.7 Å². The second kappa shape index (κ2) is 6.94. The fraction of sp³-hybridized carbons (Fsp3) is 0.263. The van der Waals surface area contributed by atoms with Crippen molar-refractivity contribution in [3.8, 4) is 0 Å². The molecule has 1 fully saturated rings. The van der Waals surface area contributed by atoms with Gasteiger partial charge in [-0.15, -0.1) is 0 Å². The van der Waals surface area contributed by atoms with Gasteiger partial charge in [0.1, 0.15) is 10.6 Å². The molecule has 0 aromatic heterocycles. The lowest BCUT2D eigenvalue weighted by molar-refractivity contribution is -0.126. The summed E-state index contributed by atoms with van der Waals surface area (Å²) in [6.45, 7) is 1.19. The lowest BCUT2D eigenvalue weighted by Crippen LogP contribution is -2.54. The minimum Gasteiger partial charge on any atom is -0.378 e. The zero-order valence-corrected chi connectivity index (χ0v) is 16.1. The molecule has 2 amide bonds. The van der Waals surface area contributed by atoms with Gasteiger partial charge < -0.3 is 15.0 Å². The highest BCUT2D eigenvalue weighted by atomic mass is 79.9. The van der Waals surface area contributed by atoms with Crippen molar-refractivity contribution in [1.29, 1.82) is 0 Å². The van der Waals surface area contributed by atoms with Gasteiger partial charge >= 0.3 is 0 Å². The molecule has 1 aromatic carbocycles. The summed E-state index contributed by atoms with van der Waals surface area (Å²) in [5.74, 6) is -1.19. The Balaban J connectivity index is 1.54. The molecule has 140 valence electrons. The summed E-state index contributed by atoms with van der Waals surface area (Å²) in [4.78, 5) is 27.9. The van der Waals surface area contributed by atoms with E-state index < -0.39 is 18.0 Å². The Labute approximate surface area is 164 Å². The van der Waals surface area contributed by atoms with Crippen LogP contribution in [0.2, 0.25) is 0 Å². The van der Waals surface area contributed by atoms with Crippen LogP contribution >= 0.6 is 15.9 Å². The largest absolute Gasteiger partial charge is 0.378 e. The molecule has 0 bridgehead atoms. The first-order chi connectivity index (χ1) is 13.0. The average molecular weight is 434 g/mol. The number of rotatable bonds is 3. The second-order valence-electron chi connectivity index (χ2n) is 6.50. The van der Waals surface area contributed by atoms with E-state index in [2.05, 4.69) is 21.2 Å². The summed E-state index contributed by atoms with van der Waals surface area (Å²) in [6.07, 6.45) is 4.63. The number of benzene rings is 1. The third-order valence-corrected chi connectivity index (χ3v) is 5.59. The lowest BCUT2D eigenvalue weighted by Gasteiger charge is -2.38. The number of amides is 2. The third-order valence-electron chi connectivity index (χ3n) is 4.91. The number of nitrogens with one attached hydrogen (secondary N) is 1. The van der Waals surface area contributed by atoms with Gasteiger partial charge in [-0.3, -0.25) is 14.5 Å². The highest BCUT2D eigenvalue weighted by molar-refractivity contribution is 9.12. The number of carbonyl (C=O) groups excluding carboxylic acids is 2. The maximum absolute atomic E-state index is 14.0. The SMILES string of the molecule is COC1CN(C(=O)c2ccc(C3=CC=CN4C(=O)C(Br)=C(F)NC34)cc2)C1. The molecule has 0 aliphatic carbocycles. The summed E-state index contributed by atoms with van der Waals surface area (Å²) in [5.41, 5.74) is 2.12. The minimum absolute atomic E-state index is 0.0436. The summed E-state index contributed by atoms with van der Waals surface area (Å²) < 4.78 is 19.1. The highest BCUT2D eigenvalue weighted by Gasteiger charge is 2.36. The fourth-order valence-electron chi connectivity index (χ4n) is 3.28. The Bertz CT molecular complexity index is 888. The van der Waals surface area contributed by atoms with Gasteiger partial charge in [-0.2, -0.15) is 4.39 Å². The van der Waals surface area contributed by atoms with Crippen LogP contribution in [0.5, 0.6) is 0 Å². The van der Waals surface area contributed by atoms with Crippen molar-refractivity contribution in [3.63, 3.8) is 0 Å². The number of methoxy groups -OCH3 is 1. The molecule has 3 aliphatic heterocycles. The van der Waals surface area contributed by atoms with Crippen molar-refractivity contribution in [3.05, 3.63) is 64.2 Å². The van der Waals surface area contributed by atoms with Crippen LogP contribution in [0.3, 0.4) is 0 Å². The molecular formula is C19H17BrFN3O3. The van der Waals surface area contributed by atoms with Crippen LogP contribution in [0.1, 0.15) is 15.9 Å². The van der Waals surface area contributed by atoms with Gasteiger partial charge in [0, 0.05) is 37.5 Å². The standard InChI is InChI=1S/C19H17BrFN3O3/c1-27-13-9-23(10-13)18(25)12-6-4-11(5-7-12)14-3-2-8-24-17(14)22-16(21)15(20)19(24)26/h2-8,13,17,22H,9-10H2,1H3. The fourth-order valence-corrected chi connectivity index (χ4v) is 3.60. The highest BCUT2D eigenvalue weighted by Crippen LogP contribution is 2.32. The van der Waals surface area contributed by atoms with Crippen LogP contribution in [0.25, 0.3) is 5.57 Å². The summed E-state index contributed by atoms with van der Waals surface area (Å²) in [5, 5.41) is 2.69. The van der Waals surface area contributed by atoms with Gasteiger partial charge in [0.25, 0.3) is 11.8 Å². The van der Waals surface area contributed by atoms with Crippen LogP contribution in [0.4, 0.5) is 4.39 Å². The normalized spacial score (nSPS) is 22.3. The predicted octanol–water partition coefficient (Wildman–Crippen LogP) is 2.36. The van der Waals surface area contributed by atoms with E-state index in [1.165, 1.54) is 4.90 Å². The van der Waals surface area contributed by atoms with E-state index in [-0.39, 0.29) is 16.5 Å². The number of nitrogens with zero attached hydrogens (tertiary/aromatic N) is 2. The summed E-state index contributed by atoms with van der Waals surface area (Å²) in [6, 6.07) is 7.10. The number of ether oxygens (including phenoxy) is 1. The van der Waals surface area contributed by atoms with Gasteiger partial charge in [0.2, 0.25) is 5.95 Å². The zero-order chi connectivity index (χ0) is 19.1. The van der Waals surface area contributed by atoms with E-state index >= 15 is 0 Å². The Morgan fingerprint density at radius 1 is 1.30 bits per heavy atom. The maximum Gasteiger partial charge on any atom is 0.271 e. The van der Waals surface area contributed by atoms with E-state index in [0.717, 1.165) is 11.1 Å². The smallest absolute Gasteiger partial charge is 0.271 e. The monoisotopic (exact) mass is 433 g/mol.